The number of hydrogen-bond donors (Lipinski definition) is 1. The fourth-order valence-electron chi connectivity index (χ4n) is 4.45. The summed E-state index contributed by atoms with van der Waals surface area (Å²) < 4.78 is 0. The zero-order valence-corrected chi connectivity index (χ0v) is 16.0. The third kappa shape index (κ3) is 3.07. The van der Waals surface area contributed by atoms with Gasteiger partial charge < -0.3 is 15.1 Å². The summed E-state index contributed by atoms with van der Waals surface area (Å²) in [5.74, 6) is 0.557. The number of rotatable bonds is 3. The number of anilines is 1. The fraction of sp³-hybridized carbons (Fsp3) is 0.364. The largest absolute Gasteiger partial charge is 0.378 e. The van der Waals surface area contributed by atoms with E-state index in [1.807, 2.05) is 60.3 Å². The van der Waals surface area contributed by atoms with Crippen LogP contribution in [0, 0.1) is 5.92 Å². The fourth-order valence-corrected chi connectivity index (χ4v) is 4.45. The number of nitrogens with one attached hydrogen (secondary N) is 1. The van der Waals surface area contributed by atoms with Crippen LogP contribution >= 0.6 is 0 Å². The summed E-state index contributed by atoms with van der Waals surface area (Å²) in [5.41, 5.74) is 4.10. The smallest absolute Gasteiger partial charge is 0.251 e. The number of hydrogen-bond acceptors (Lipinski definition) is 3. The number of carbonyl (C=O) groups excluding carboxylic acids is 2. The van der Waals surface area contributed by atoms with Gasteiger partial charge in [0.2, 0.25) is 5.91 Å². The summed E-state index contributed by atoms with van der Waals surface area (Å²) in [6.07, 6.45) is 0. The predicted octanol–water partition coefficient (Wildman–Crippen LogP) is 2.80. The van der Waals surface area contributed by atoms with E-state index >= 15 is 0 Å². The van der Waals surface area contributed by atoms with Crippen LogP contribution in [0.25, 0.3) is 0 Å². The van der Waals surface area contributed by atoms with Crippen molar-refractivity contribution >= 4 is 17.5 Å². The summed E-state index contributed by atoms with van der Waals surface area (Å²) in [4.78, 5) is 28.7. The lowest BCUT2D eigenvalue weighted by atomic mass is 9.94. The number of benzene rings is 2. The Balaban J connectivity index is 1.62. The summed E-state index contributed by atoms with van der Waals surface area (Å²) in [6, 6.07) is 15.9. The van der Waals surface area contributed by atoms with E-state index in [-0.39, 0.29) is 23.8 Å². The molecule has 2 aromatic carbocycles. The van der Waals surface area contributed by atoms with Crippen LogP contribution in [0.4, 0.5) is 5.69 Å². The molecule has 1 N–H and O–H groups in total. The van der Waals surface area contributed by atoms with E-state index in [0.29, 0.717) is 18.0 Å². The van der Waals surface area contributed by atoms with E-state index in [1.165, 1.54) is 11.1 Å². The number of amides is 2. The van der Waals surface area contributed by atoms with Crippen molar-refractivity contribution in [2.45, 2.75) is 18.9 Å². The Bertz CT molecular complexity index is 893. The molecule has 1 saturated heterocycles. The molecule has 1 fully saturated rings. The van der Waals surface area contributed by atoms with Gasteiger partial charge in [-0.3, -0.25) is 9.59 Å². The SMILES string of the molecule is CC(=O)N1C[C@H]2[C@@H](C1)c1ccccc1[C@@H]2NC(=O)c1cccc(N(C)C)c1. The maximum Gasteiger partial charge on any atom is 0.251 e. The third-order valence-corrected chi connectivity index (χ3v) is 5.88. The van der Waals surface area contributed by atoms with E-state index < -0.39 is 0 Å². The van der Waals surface area contributed by atoms with Crippen molar-refractivity contribution in [2.24, 2.45) is 5.92 Å². The highest BCUT2D eigenvalue weighted by molar-refractivity contribution is 5.95. The Hall–Kier alpha value is -2.82. The van der Waals surface area contributed by atoms with Gasteiger partial charge in [-0.2, -0.15) is 0 Å². The molecule has 140 valence electrons. The Morgan fingerprint density at radius 1 is 1.04 bits per heavy atom. The monoisotopic (exact) mass is 363 g/mol. The van der Waals surface area contributed by atoms with Crippen molar-refractivity contribution < 1.29 is 9.59 Å². The van der Waals surface area contributed by atoms with Crippen LogP contribution in [0.2, 0.25) is 0 Å². The molecule has 1 heterocycles. The zero-order valence-electron chi connectivity index (χ0n) is 16.0. The quantitative estimate of drug-likeness (QED) is 0.912. The minimum absolute atomic E-state index is 0.0638. The Kier molecular flexibility index (Phi) is 4.38. The molecule has 4 rings (SSSR count). The minimum Gasteiger partial charge on any atom is -0.378 e. The summed E-state index contributed by atoms with van der Waals surface area (Å²) >= 11 is 0. The van der Waals surface area contributed by atoms with E-state index in [9.17, 15) is 9.59 Å². The number of carbonyl (C=O) groups is 2. The first-order valence-electron chi connectivity index (χ1n) is 9.38. The molecule has 2 amide bonds. The average Bonchev–Trinajstić information content (AvgIpc) is 3.21. The summed E-state index contributed by atoms with van der Waals surface area (Å²) in [5, 5.41) is 3.25. The van der Waals surface area contributed by atoms with Crippen molar-refractivity contribution in [1.29, 1.82) is 0 Å². The molecule has 0 radical (unpaired) electrons. The minimum atomic E-state index is -0.0690. The highest BCUT2D eigenvalue weighted by atomic mass is 16.2. The topological polar surface area (TPSA) is 52.7 Å². The zero-order chi connectivity index (χ0) is 19.1. The molecule has 1 aliphatic carbocycles. The lowest BCUT2D eigenvalue weighted by Gasteiger charge is -2.23. The van der Waals surface area contributed by atoms with Crippen molar-refractivity contribution in [3.8, 4) is 0 Å². The number of nitrogens with zero attached hydrogens (tertiary/aromatic N) is 2. The molecule has 3 atom stereocenters. The van der Waals surface area contributed by atoms with Crippen molar-refractivity contribution in [3.63, 3.8) is 0 Å². The van der Waals surface area contributed by atoms with Gasteiger partial charge in [-0.1, -0.05) is 30.3 Å². The van der Waals surface area contributed by atoms with Crippen LogP contribution in [0.15, 0.2) is 48.5 Å². The Morgan fingerprint density at radius 3 is 2.48 bits per heavy atom. The molecule has 0 bridgehead atoms. The Morgan fingerprint density at radius 2 is 1.78 bits per heavy atom. The molecule has 5 heteroatoms. The van der Waals surface area contributed by atoms with Gasteiger partial charge in [0.05, 0.1) is 6.04 Å². The van der Waals surface area contributed by atoms with Gasteiger partial charge in [0, 0.05) is 57.2 Å². The van der Waals surface area contributed by atoms with E-state index in [1.54, 1.807) is 6.92 Å². The first-order valence-corrected chi connectivity index (χ1v) is 9.38. The number of likely N-dealkylation sites (tertiary alicyclic amines) is 1. The van der Waals surface area contributed by atoms with Crippen LogP contribution in [-0.2, 0) is 4.79 Å². The molecule has 2 aromatic rings. The lowest BCUT2D eigenvalue weighted by Crippen LogP contribution is -2.34. The molecule has 0 aromatic heterocycles. The molecular formula is C22H25N3O2. The van der Waals surface area contributed by atoms with Crippen LogP contribution in [-0.4, -0.2) is 43.9 Å². The second kappa shape index (κ2) is 6.72. The lowest BCUT2D eigenvalue weighted by molar-refractivity contribution is -0.128. The van der Waals surface area contributed by atoms with Crippen LogP contribution in [0.5, 0.6) is 0 Å². The maximum atomic E-state index is 13.0. The second-order valence-electron chi connectivity index (χ2n) is 7.72. The van der Waals surface area contributed by atoms with Crippen LogP contribution < -0.4 is 10.2 Å². The van der Waals surface area contributed by atoms with Gasteiger partial charge in [-0.25, -0.2) is 0 Å². The van der Waals surface area contributed by atoms with Gasteiger partial charge in [0.15, 0.2) is 0 Å². The highest BCUT2D eigenvalue weighted by Gasteiger charge is 2.47. The van der Waals surface area contributed by atoms with Crippen LogP contribution in [0.1, 0.15) is 40.4 Å². The third-order valence-electron chi connectivity index (χ3n) is 5.88. The van der Waals surface area contributed by atoms with Crippen molar-refractivity contribution in [3.05, 3.63) is 65.2 Å². The van der Waals surface area contributed by atoms with Gasteiger partial charge in [-0.15, -0.1) is 0 Å². The molecule has 5 nitrogen and oxygen atoms in total. The van der Waals surface area contributed by atoms with E-state index in [0.717, 1.165) is 12.2 Å². The molecule has 2 aliphatic rings. The number of fused-ring (bicyclic) bond motifs is 3. The standard InChI is InChI=1S/C22H25N3O2/c1-14(26)25-12-19-17-9-4-5-10-18(17)21(20(19)13-25)23-22(27)15-7-6-8-16(11-15)24(2)3/h4-11,19-21H,12-13H2,1-3H3,(H,23,27)/t19-,20-,21-/m0/s1. The first kappa shape index (κ1) is 17.6. The van der Waals surface area contributed by atoms with Gasteiger partial charge in [-0.05, 0) is 29.3 Å². The predicted molar refractivity (Wildman–Crippen MR) is 106 cm³/mol. The van der Waals surface area contributed by atoms with Gasteiger partial charge in [0.1, 0.15) is 0 Å². The molecule has 1 aliphatic heterocycles. The van der Waals surface area contributed by atoms with Gasteiger partial charge in [0.25, 0.3) is 5.91 Å². The maximum absolute atomic E-state index is 13.0. The molecule has 27 heavy (non-hydrogen) atoms. The Labute approximate surface area is 160 Å². The van der Waals surface area contributed by atoms with Gasteiger partial charge >= 0.3 is 0 Å². The summed E-state index contributed by atoms with van der Waals surface area (Å²) in [6.45, 7) is 3.05. The normalized spacial score (nSPS) is 22.9. The molecular weight excluding hydrogens is 338 g/mol. The molecule has 0 saturated carbocycles. The summed E-state index contributed by atoms with van der Waals surface area (Å²) in [7, 11) is 3.92. The molecule has 0 spiro atoms. The molecule has 0 unspecified atom stereocenters. The second-order valence-corrected chi connectivity index (χ2v) is 7.72. The van der Waals surface area contributed by atoms with E-state index in [4.69, 9.17) is 0 Å². The first-order chi connectivity index (χ1) is 13.0. The van der Waals surface area contributed by atoms with E-state index in [2.05, 4.69) is 17.4 Å². The highest BCUT2D eigenvalue weighted by Crippen LogP contribution is 2.49. The van der Waals surface area contributed by atoms with Crippen molar-refractivity contribution in [1.82, 2.24) is 10.2 Å². The average molecular weight is 363 g/mol. The van der Waals surface area contributed by atoms with Crippen molar-refractivity contribution in [2.75, 3.05) is 32.1 Å². The van der Waals surface area contributed by atoms with Crippen LogP contribution in [0.3, 0.4) is 0 Å².